The largest absolute Gasteiger partial charge is 0.478 e. The molecule has 6 N–H and O–H groups in total. The Bertz CT molecular complexity index is 1110. The fourth-order valence-electron chi connectivity index (χ4n) is 5.58. The minimum atomic E-state index is -0.981. The molecule has 0 spiro atoms. The molecule has 0 radical (unpaired) electrons. The van der Waals surface area contributed by atoms with Crippen LogP contribution in [0.2, 0.25) is 0 Å². The Hall–Kier alpha value is -4.12. The predicted molar refractivity (Wildman–Crippen MR) is 214 cm³/mol. The van der Waals surface area contributed by atoms with Crippen LogP contribution in [0.3, 0.4) is 0 Å². The number of aliphatic hydroxyl groups is 5. The van der Waals surface area contributed by atoms with E-state index in [9.17, 15) is 28.8 Å². The number of carboxylic acids is 1. The third kappa shape index (κ3) is 40.1. The summed E-state index contributed by atoms with van der Waals surface area (Å²) in [5.41, 5.74) is 0. The fraction of sp³-hybridized carbons (Fsp3) is 0.750. The van der Waals surface area contributed by atoms with Gasteiger partial charge in [-0.1, -0.05) is 13.2 Å². The van der Waals surface area contributed by atoms with Crippen LogP contribution < -0.4 is 0 Å². The third-order valence-electron chi connectivity index (χ3n) is 8.62. The van der Waals surface area contributed by atoms with E-state index in [1.807, 2.05) is 0 Å². The molecule has 1 aliphatic heterocycles. The third-order valence-corrected chi connectivity index (χ3v) is 8.62. The number of aliphatic imine (C=N–C) groups is 2. The van der Waals surface area contributed by atoms with Crippen LogP contribution >= 0.6 is 0 Å². The topological polar surface area (TPSA) is 279 Å². The first kappa shape index (κ1) is 58.2. The molecule has 1 saturated heterocycles. The van der Waals surface area contributed by atoms with Gasteiger partial charge in [0.1, 0.15) is 6.61 Å². The molecular formula is C40H69N3O15. The van der Waals surface area contributed by atoms with E-state index in [1.54, 1.807) is 19.2 Å². The molecule has 18 nitrogen and oxygen atoms in total. The van der Waals surface area contributed by atoms with Crippen molar-refractivity contribution in [3.05, 3.63) is 25.3 Å². The van der Waals surface area contributed by atoms with Crippen LogP contribution in [0.15, 0.2) is 35.3 Å². The molecule has 0 bridgehead atoms. The first-order valence-electron chi connectivity index (χ1n) is 19.7. The number of hydrogen-bond acceptors (Lipinski definition) is 16. The van der Waals surface area contributed by atoms with E-state index in [0.29, 0.717) is 45.6 Å². The lowest BCUT2D eigenvalue weighted by atomic mass is 9.76. The smallest absolute Gasteiger partial charge is 0.330 e. The van der Waals surface area contributed by atoms with Crippen LogP contribution in [-0.4, -0.2) is 157 Å². The molecule has 0 atom stereocenters. The number of hydrogen-bond donors (Lipinski definition) is 6. The summed E-state index contributed by atoms with van der Waals surface area (Å²) >= 11 is 0. The SMILES string of the molecule is C=CC(=O)O.C=CC(=O)OCCO.CN(CCO)C(=O)CCCO.O=C1CCCCCO1.O=C=NC1CCC(CC2CCC(N=C=O)CC2)CC1.OCCOCCO. The zero-order valence-corrected chi connectivity index (χ0v) is 34.3. The van der Waals surface area contributed by atoms with Crippen molar-refractivity contribution in [1.29, 1.82) is 0 Å². The number of esters is 2. The molecule has 3 aliphatic rings. The number of aliphatic carboxylic acids is 1. The minimum Gasteiger partial charge on any atom is -0.478 e. The van der Waals surface area contributed by atoms with E-state index >= 15 is 0 Å². The number of aliphatic hydroxyl groups excluding tert-OH is 5. The summed E-state index contributed by atoms with van der Waals surface area (Å²) in [5.74, 6) is 0.0584. The average molecular weight is 832 g/mol. The van der Waals surface area contributed by atoms with Gasteiger partial charge in [-0.25, -0.2) is 29.2 Å². The van der Waals surface area contributed by atoms with Crippen molar-refractivity contribution in [1.82, 2.24) is 4.90 Å². The molecule has 3 fully saturated rings. The Morgan fingerprint density at radius 2 is 1.28 bits per heavy atom. The molecule has 1 heterocycles. The van der Waals surface area contributed by atoms with Gasteiger partial charge in [-0.05, 0) is 95.3 Å². The monoisotopic (exact) mass is 831 g/mol. The number of carboxylic acid groups (broad SMARTS) is 1. The molecule has 334 valence electrons. The van der Waals surface area contributed by atoms with Gasteiger partial charge in [0.15, 0.2) is 0 Å². The average Bonchev–Trinajstić information content (AvgIpc) is 3.49. The van der Waals surface area contributed by atoms with Gasteiger partial charge in [0.25, 0.3) is 0 Å². The number of isocyanates is 2. The first-order chi connectivity index (χ1) is 27.9. The van der Waals surface area contributed by atoms with Crippen LogP contribution in [-0.2, 0) is 43.0 Å². The second-order valence-electron chi connectivity index (χ2n) is 13.1. The van der Waals surface area contributed by atoms with Crippen molar-refractivity contribution in [3.8, 4) is 0 Å². The molecule has 18 heteroatoms. The van der Waals surface area contributed by atoms with Crippen molar-refractivity contribution in [2.75, 3.05) is 73.1 Å². The first-order valence-corrected chi connectivity index (χ1v) is 19.7. The molecule has 0 aromatic carbocycles. The number of nitrogens with zero attached hydrogens (tertiary/aromatic N) is 3. The molecule has 0 aromatic rings. The van der Waals surface area contributed by atoms with E-state index in [-0.39, 0.29) is 63.6 Å². The van der Waals surface area contributed by atoms with Gasteiger partial charge in [-0.15, -0.1) is 0 Å². The second kappa shape index (κ2) is 44.0. The standard InChI is InChI=1S/C15H22N2O2.C7H15NO3.C6H10O2.C5H8O3.C4H10O3.C3H4O2/c18-10-16-14-5-1-12(2-6-14)9-13-3-7-15(8-4-13)17-11-19;1-8(4-6-10)7(11)3-2-5-9;7-6-4-2-1-3-5-8-6;1-2-5(7)8-4-3-6;5-1-3-7-4-2-6;1-2-3(4)5/h12-15H,1-9H2;9-10H,2-6H2,1H3;1-5H2;2,6H,1,3-4H2;5-6H,1-4H2;2H,1H2,(H,4,5). The summed E-state index contributed by atoms with van der Waals surface area (Å²) in [4.78, 5) is 70.4. The maximum atomic E-state index is 11.0. The van der Waals surface area contributed by atoms with Crippen molar-refractivity contribution in [3.63, 3.8) is 0 Å². The number of rotatable bonds is 17. The summed E-state index contributed by atoms with van der Waals surface area (Å²) in [5, 5.41) is 48.8. The number of amides is 1. The highest BCUT2D eigenvalue weighted by Crippen LogP contribution is 2.36. The Kier molecular flexibility index (Phi) is 44.1. The zero-order chi connectivity index (χ0) is 44.2. The van der Waals surface area contributed by atoms with Crippen LogP contribution in [0, 0.1) is 11.8 Å². The molecule has 0 aromatic heterocycles. The normalized spacial score (nSPS) is 19.1. The number of cyclic esters (lactones) is 1. The molecule has 1 amide bonds. The highest BCUT2D eigenvalue weighted by molar-refractivity contribution is 5.81. The summed E-state index contributed by atoms with van der Waals surface area (Å²) in [7, 11) is 1.63. The number of likely N-dealkylation sites (N-methyl/N-ethyl adjacent to an activating group) is 1. The van der Waals surface area contributed by atoms with Crippen LogP contribution in [0.4, 0.5) is 0 Å². The maximum Gasteiger partial charge on any atom is 0.330 e. The number of carbonyl (C=O) groups excluding carboxylic acids is 5. The molecule has 2 saturated carbocycles. The summed E-state index contributed by atoms with van der Waals surface area (Å²) in [6.45, 7) is 7.75. The van der Waals surface area contributed by atoms with Crippen LogP contribution in [0.1, 0.15) is 96.3 Å². The molecule has 3 rings (SSSR count). The van der Waals surface area contributed by atoms with Gasteiger partial charge in [0.2, 0.25) is 18.1 Å². The van der Waals surface area contributed by atoms with Gasteiger partial charge in [-0.2, -0.15) is 0 Å². The van der Waals surface area contributed by atoms with E-state index < -0.39 is 11.9 Å². The van der Waals surface area contributed by atoms with Gasteiger partial charge < -0.3 is 49.7 Å². The van der Waals surface area contributed by atoms with Crippen molar-refractivity contribution in [2.45, 2.75) is 108 Å². The molecular weight excluding hydrogens is 762 g/mol. The Morgan fingerprint density at radius 1 is 0.776 bits per heavy atom. The van der Waals surface area contributed by atoms with Gasteiger partial charge in [0.05, 0.1) is 58.3 Å². The van der Waals surface area contributed by atoms with Crippen molar-refractivity contribution >= 4 is 36.0 Å². The molecule has 2 aliphatic carbocycles. The van der Waals surface area contributed by atoms with Crippen molar-refractivity contribution < 1.29 is 73.6 Å². The zero-order valence-electron chi connectivity index (χ0n) is 34.3. The van der Waals surface area contributed by atoms with Crippen molar-refractivity contribution in [2.24, 2.45) is 21.8 Å². The van der Waals surface area contributed by atoms with E-state index in [4.69, 9.17) is 35.4 Å². The Morgan fingerprint density at radius 3 is 1.67 bits per heavy atom. The van der Waals surface area contributed by atoms with Crippen LogP contribution in [0.25, 0.3) is 0 Å². The van der Waals surface area contributed by atoms with Gasteiger partial charge >= 0.3 is 17.9 Å². The Balaban J connectivity index is -0.000000670. The number of ether oxygens (including phenoxy) is 3. The van der Waals surface area contributed by atoms with E-state index in [1.165, 1.54) is 37.0 Å². The summed E-state index contributed by atoms with van der Waals surface area (Å²) in [6.07, 6.45) is 20.2. The lowest BCUT2D eigenvalue weighted by molar-refractivity contribution is -0.142. The minimum absolute atomic E-state index is 0.0125. The van der Waals surface area contributed by atoms with Gasteiger partial charge in [-0.3, -0.25) is 9.59 Å². The van der Waals surface area contributed by atoms with Crippen LogP contribution in [0.5, 0.6) is 0 Å². The van der Waals surface area contributed by atoms with Gasteiger partial charge in [0, 0.05) is 45.2 Å². The van der Waals surface area contributed by atoms with E-state index in [0.717, 1.165) is 68.9 Å². The summed E-state index contributed by atoms with van der Waals surface area (Å²) < 4.78 is 13.7. The van der Waals surface area contributed by atoms with E-state index in [2.05, 4.69) is 32.6 Å². The highest BCUT2D eigenvalue weighted by Gasteiger charge is 2.26. The lowest BCUT2D eigenvalue weighted by Gasteiger charge is -2.31. The lowest BCUT2D eigenvalue weighted by Crippen LogP contribution is -2.29. The predicted octanol–water partition coefficient (Wildman–Crippen LogP) is 2.43. The quantitative estimate of drug-likeness (QED) is 0.0404. The molecule has 58 heavy (non-hydrogen) atoms. The maximum absolute atomic E-state index is 11.0. The highest BCUT2D eigenvalue weighted by atomic mass is 16.5. The summed E-state index contributed by atoms with van der Waals surface area (Å²) in [6, 6.07) is 0.456. The molecule has 0 unspecified atom stereocenters. The Labute approximate surface area is 342 Å². The number of carbonyl (C=O) groups is 4. The second-order valence-corrected chi connectivity index (χ2v) is 13.1. The fourth-order valence-corrected chi connectivity index (χ4v) is 5.58.